The molecule has 0 spiro atoms. The fraction of sp³-hybridized carbons (Fsp3) is 0.417. The van der Waals surface area contributed by atoms with Crippen molar-refractivity contribution in [1.82, 2.24) is 14.4 Å². The van der Waals surface area contributed by atoms with Crippen LogP contribution in [0.5, 0.6) is 0 Å². The van der Waals surface area contributed by atoms with Gasteiger partial charge in [0, 0.05) is 18.3 Å². The van der Waals surface area contributed by atoms with Crippen molar-refractivity contribution in [2.75, 3.05) is 0 Å². The quantitative estimate of drug-likeness (QED) is 0.859. The number of carbonyl (C=O) groups is 1. The zero-order valence-corrected chi connectivity index (χ0v) is 9.33. The third kappa shape index (κ3) is 1.77. The first-order valence-corrected chi connectivity index (χ1v) is 5.82. The first-order valence-electron chi connectivity index (χ1n) is 5.82. The van der Waals surface area contributed by atoms with Crippen LogP contribution in [0.25, 0.3) is 5.65 Å². The molecule has 17 heavy (non-hydrogen) atoms. The zero-order valence-electron chi connectivity index (χ0n) is 9.33. The summed E-state index contributed by atoms with van der Waals surface area (Å²) in [5, 5.41) is 8.87. The highest BCUT2D eigenvalue weighted by Crippen LogP contribution is 2.32. The molecule has 0 radical (unpaired) electrons. The maximum atomic E-state index is 10.8. The molecule has 1 N–H and O–H groups in total. The molecule has 1 saturated carbocycles. The van der Waals surface area contributed by atoms with E-state index in [0.717, 1.165) is 5.69 Å². The number of rotatable bonds is 2. The monoisotopic (exact) mass is 231 g/mol. The number of imidazole rings is 1. The van der Waals surface area contributed by atoms with Gasteiger partial charge in [-0.2, -0.15) is 0 Å². The number of nitrogens with zero attached hydrogens (tertiary/aromatic N) is 3. The van der Waals surface area contributed by atoms with Crippen molar-refractivity contribution >= 4 is 11.6 Å². The van der Waals surface area contributed by atoms with Crippen LogP contribution in [-0.2, 0) is 0 Å². The van der Waals surface area contributed by atoms with Crippen LogP contribution in [0.15, 0.2) is 18.6 Å². The number of aromatic nitrogens is 3. The second kappa shape index (κ2) is 3.84. The Morgan fingerprint density at radius 3 is 2.82 bits per heavy atom. The lowest BCUT2D eigenvalue weighted by Crippen LogP contribution is -1.98. The van der Waals surface area contributed by atoms with Crippen LogP contribution in [-0.4, -0.2) is 25.4 Å². The molecule has 0 bridgehead atoms. The first-order chi connectivity index (χ1) is 8.24. The minimum Gasteiger partial charge on any atom is -0.476 e. The molecule has 5 heteroatoms. The minimum atomic E-state index is -1.00. The smallest absolute Gasteiger partial charge is 0.356 e. The average Bonchev–Trinajstić information content (AvgIpc) is 2.97. The first kappa shape index (κ1) is 10.3. The van der Waals surface area contributed by atoms with Gasteiger partial charge in [-0.25, -0.2) is 9.78 Å². The van der Waals surface area contributed by atoms with Crippen molar-refractivity contribution in [3.63, 3.8) is 0 Å². The SMILES string of the molecule is O=C(O)c1cn2cc(C3CCCC3)ncc2n1. The van der Waals surface area contributed by atoms with Crippen molar-refractivity contribution < 1.29 is 9.90 Å². The molecule has 0 aromatic carbocycles. The molecule has 0 unspecified atom stereocenters. The van der Waals surface area contributed by atoms with Gasteiger partial charge < -0.3 is 9.51 Å². The van der Waals surface area contributed by atoms with E-state index in [1.165, 1.54) is 31.9 Å². The maximum Gasteiger partial charge on any atom is 0.356 e. The number of aromatic carboxylic acids is 1. The number of carboxylic acid groups (broad SMARTS) is 1. The van der Waals surface area contributed by atoms with Crippen molar-refractivity contribution in [3.8, 4) is 0 Å². The van der Waals surface area contributed by atoms with E-state index in [1.54, 1.807) is 10.6 Å². The minimum absolute atomic E-state index is 0.0652. The van der Waals surface area contributed by atoms with Gasteiger partial charge in [0.05, 0.1) is 11.9 Å². The molecule has 3 rings (SSSR count). The van der Waals surface area contributed by atoms with Crippen molar-refractivity contribution in [2.24, 2.45) is 0 Å². The van der Waals surface area contributed by atoms with Gasteiger partial charge in [-0.05, 0) is 12.8 Å². The van der Waals surface area contributed by atoms with Crippen LogP contribution in [0, 0.1) is 0 Å². The normalized spacial score (nSPS) is 16.7. The Bertz CT molecular complexity index is 570. The molecule has 88 valence electrons. The van der Waals surface area contributed by atoms with Crippen LogP contribution in [0.2, 0.25) is 0 Å². The Hall–Kier alpha value is -1.91. The molecule has 2 aromatic heterocycles. The number of carboxylic acids is 1. The molecule has 0 aliphatic heterocycles. The highest BCUT2D eigenvalue weighted by Gasteiger charge is 2.19. The summed E-state index contributed by atoms with van der Waals surface area (Å²) in [6, 6.07) is 0. The highest BCUT2D eigenvalue weighted by atomic mass is 16.4. The number of hydrogen-bond donors (Lipinski definition) is 1. The molecule has 1 aliphatic carbocycles. The van der Waals surface area contributed by atoms with E-state index in [0.29, 0.717) is 11.6 Å². The van der Waals surface area contributed by atoms with Crippen molar-refractivity contribution in [2.45, 2.75) is 31.6 Å². The third-order valence-corrected chi connectivity index (χ3v) is 3.35. The standard InChI is InChI=1S/C12H13N3O2/c16-12(17)10-7-15-6-9(8-3-1-2-4-8)13-5-11(15)14-10/h5-8H,1-4H2,(H,16,17). The van der Waals surface area contributed by atoms with E-state index >= 15 is 0 Å². The summed E-state index contributed by atoms with van der Waals surface area (Å²) in [6.07, 6.45) is 9.98. The predicted molar refractivity (Wildman–Crippen MR) is 61.2 cm³/mol. The Morgan fingerprint density at radius 2 is 2.12 bits per heavy atom. The average molecular weight is 231 g/mol. The summed E-state index contributed by atoms with van der Waals surface area (Å²) in [5.41, 5.74) is 1.70. The Labute approximate surface area is 98.1 Å². The van der Waals surface area contributed by atoms with Crippen LogP contribution in [0.3, 0.4) is 0 Å². The fourth-order valence-corrected chi connectivity index (χ4v) is 2.45. The summed E-state index contributed by atoms with van der Waals surface area (Å²) in [4.78, 5) is 19.2. The summed E-state index contributed by atoms with van der Waals surface area (Å²) >= 11 is 0. The Balaban J connectivity index is 2.02. The molecular formula is C12H13N3O2. The van der Waals surface area contributed by atoms with Crippen LogP contribution < -0.4 is 0 Å². The third-order valence-electron chi connectivity index (χ3n) is 3.35. The lowest BCUT2D eigenvalue weighted by molar-refractivity contribution is 0.0691. The molecule has 0 saturated heterocycles. The van der Waals surface area contributed by atoms with Gasteiger partial charge in [0.1, 0.15) is 0 Å². The molecule has 2 aromatic rings. The van der Waals surface area contributed by atoms with E-state index in [1.807, 2.05) is 6.20 Å². The maximum absolute atomic E-state index is 10.8. The summed E-state index contributed by atoms with van der Waals surface area (Å²) < 4.78 is 1.75. The van der Waals surface area contributed by atoms with Crippen LogP contribution >= 0.6 is 0 Å². The van der Waals surface area contributed by atoms with Gasteiger partial charge >= 0.3 is 5.97 Å². The van der Waals surface area contributed by atoms with E-state index in [4.69, 9.17) is 5.11 Å². The lowest BCUT2D eigenvalue weighted by Gasteiger charge is -2.07. The molecular weight excluding hydrogens is 218 g/mol. The summed E-state index contributed by atoms with van der Waals surface area (Å²) in [7, 11) is 0. The van der Waals surface area contributed by atoms with Gasteiger partial charge in [0.15, 0.2) is 11.3 Å². The van der Waals surface area contributed by atoms with E-state index in [-0.39, 0.29) is 5.69 Å². The lowest BCUT2D eigenvalue weighted by atomic mass is 10.1. The van der Waals surface area contributed by atoms with E-state index in [9.17, 15) is 4.79 Å². The number of hydrogen-bond acceptors (Lipinski definition) is 3. The predicted octanol–water partition coefficient (Wildman–Crippen LogP) is 2.09. The summed E-state index contributed by atoms with van der Waals surface area (Å²) in [6.45, 7) is 0. The second-order valence-electron chi connectivity index (χ2n) is 4.49. The van der Waals surface area contributed by atoms with E-state index in [2.05, 4.69) is 9.97 Å². The zero-order chi connectivity index (χ0) is 11.8. The number of fused-ring (bicyclic) bond motifs is 1. The molecule has 1 aliphatic rings. The Morgan fingerprint density at radius 1 is 1.35 bits per heavy atom. The van der Waals surface area contributed by atoms with E-state index < -0.39 is 5.97 Å². The van der Waals surface area contributed by atoms with Gasteiger partial charge in [0.2, 0.25) is 0 Å². The second-order valence-corrected chi connectivity index (χ2v) is 4.49. The fourth-order valence-electron chi connectivity index (χ4n) is 2.45. The molecule has 2 heterocycles. The van der Waals surface area contributed by atoms with Gasteiger partial charge in [-0.15, -0.1) is 0 Å². The Kier molecular flexibility index (Phi) is 2.31. The molecule has 0 atom stereocenters. The van der Waals surface area contributed by atoms with Crippen molar-refractivity contribution in [3.05, 3.63) is 30.0 Å². The largest absolute Gasteiger partial charge is 0.476 e. The van der Waals surface area contributed by atoms with Crippen LogP contribution in [0.1, 0.15) is 47.8 Å². The summed E-state index contributed by atoms with van der Waals surface area (Å²) in [5.74, 6) is -0.480. The topological polar surface area (TPSA) is 67.5 Å². The molecule has 0 amide bonds. The van der Waals surface area contributed by atoms with Crippen molar-refractivity contribution in [1.29, 1.82) is 0 Å². The van der Waals surface area contributed by atoms with Gasteiger partial charge in [-0.1, -0.05) is 12.8 Å². The van der Waals surface area contributed by atoms with Crippen LogP contribution in [0.4, 0.5) is 0 Å². The molecule has 5 nitrogen and oxygen atoms in total. The highest BCUT2D eigenvalue weighted by molar-refractivity contribution is 5.86. The van der Waals surface area contributed by atoms with Gasteiger partial charge in [-0.3, -0.25) is 4.98 Å². The molecule has 1 fully saturated rings. The van der Waals surface area contributed by atoms with Gasteiger partial charge in [0.25, 0.3) is 0 Å².